The lowest BCUT2D eigenvalue weighted by atomic mass is 10.1. The number of benzene rings is 3. The zero-order valence-corrected chi connectivity index (χ0v) is 19.6. The van der Waals surface area contributed by atoms with Gasteiger partial charge in [-0.3, -0.25) is 14.9 Å². The first-order valence-electron chi connectivity index (χ1n) is 9.83. The second-order valence-corrected chi connectivity index (χ2v) is 7.87. The van der Waals surface area contributed by atoms with E-state index in [2.05, 4.69) is 26.5 Å². The minimum atomic E-state index is -4.57. The Kier molecular flexibility index (Phi) is 8.07. The van der Waals surface area contributed by atoms with Gasteiger partial charge in [0, 0.05) is 27.7 Å². The molecule has 3 rings (SSSR count). The van der Waals surface area contributed by atoms with E-state index in [9.17, 15) is 28.1 Å². The van der Waals surface area contributed by atoms with Crippen molar-refractivity contribution in [3.05, 3.63) is 97.5 Å². The monoisotopic (exact) mass is 551 g/mol. The van der Waals surface area contributed by atoms with Crippen LogP contribution in [0, 0.1) is 10.1 Å². The number of hydrogen-bond donors (Lipinski definition) is 1. The molecular weight excluding hydrogens is 535 g/mol. The quantitative estimate of drug-likeness (QED) is 0.219. The van der Waals surface area contributed by atoms with E-state index in [1.807, 2.05) is 0 Å². The van der Waals surface area contributed by atoms with Gasteiger partial charge in [0.15, 0.2) is 11.5 Å². The SMILES string of the molecule is COc1cc(/C=N\NC(=O)c2cccc(C(F)(F)F)c2)c(Br)cc1OCc1cccc([N+](=O)[O-])c1. The molecular formula is C23H17BrF3N3O5. The highest BCUT2D eigenvalue weighted by Crippen LogP contribution is 2.34. The Morgan fingerprint density at radius 2 is 1.89 bits per heavy atom. The van der Waals surface area contributed by atoms with Gasteiger partial charge < -0.3 is 9.47 Å². The van der Waals surface area contributed by atoms with Crippen molar-refractivity contribution in [2.45, 2.75) is 12.8 Å². The Morgan fingerprint density at radius 3 is 2.57 bits per heavy atom. The highest BCUT2D eigenvalue weighted by molar-refractivity contribution is 9.10. The van der Waals surface area contributed by atoms with Crippen LogP contribution in [0.3, 0.4) is 0 Å². The number of carbonyl (C=O) groups excluding carboxylic acids is 1. The van der Waals surface area contributed by atoms with E-state index in [1.165, 1.54) is 31.5 Å². The molecule has 0 aromatic heterocycles. The molecule has 0 aliphatic heterocycles. The third-order valence-electron chi connectivity index (χ3n) is 4.62. The van der Waals surface area contributed by atoms with Crippen molar-refractivity contribution in [2.24, 2.45) is 5.10 Å². The molecule has 182 valence electrons. The maximum absolute atomic E-state index is 12.8. The number of rotatable bonds is 8. The van der Waals surface area contributed by atoms with Crippen molar-refractivity contribution < 1.29 is 32.4 Å². The summed E-state index contributed by atoms with van der Waals surface area (Å²) in [6.07, 6.45) is -3.29. The summed E-state index contributed by atoms with van der Waals surface area (Å²) in [6.45, 7) is 0.0466. The molecule has 35 heavy (non-hydrogen) atoms. The van der Waals surface area contributed by atoms with Crippen molar-refractivity contribution in [2.75, 3.05) is 7.11 Å². The number of amides is 1. The molecule has 0 aliphatic carbocycles. The number of hydrazone groups is 1. The van der Waals surface area contributed by atoms with Gasteiger partial charge in [0.05, 0.1) is 23.8 Å². The van der Waals surface area contributed by atoms with Crippen LogP contribution in [-0.4, -0.2) is 24.2 Å². The molecule has 0 saturated carbocycles. The number of non-ortho nitro benzene ring substituents is 1. The highest BCUT2D eigenvalue weighted by atomic mass is 79.9. The van der Waals surface area contributed by atoms with Gasteiger partial charge in [-0.2, -0.15) is 18.3 Å². The molecule has 8 nitrogen and oxygen atoms in total. The second kappa shape index (κ2) is 11.0. The molecule has 0 radical (unpaired) electrons. The van der Waals surface area contributed by atoms with Gasteiger partial charge in [0.1, 0.15) is 6.61 Å². The lowest BCUT2D eigenvalue weighted by molar-refractivity contribution is -0.384. The smallest absolute Gasteiger partial charge is 0.416 e. The van der Waals surface area contributed by atoms with Crippen LogP contribution in [0.2, 0.25) is 0 Å². The van der Waals surface area contributed by atoms with E-state index in [1.54, 1.807) is 24.3 Å². The van der Waals surface area contributed by atoms with E-state index in [4.69, 9.17) is 9.47 Å². The fourth-order valence-corrected chi connectivity index (χ4v) is 3.33. The van der Waals surface area contributed by atoms with Crippen LogP contribution in [0.15, 0.2) is 70.2 Å². The molecule has 0 unspecified atom stereocenters. The molecule has 0 atom stereocenters. The van der Waals surface area contributed by atoms with Crippen molar-refractivity contribution in [1.82, 2.24) is 5.43 Å². The first kappa shape index (κ1) is 25.7. The third kappa shape index (κ3) is 6.79. The number of ether oxygens (including phenoxy) is 2. The lowest BCUT2D eigenvalue weighted by Crippen LogP contribution is -2.18. The summed E-state index contributed by atoms with van der Waals surface area (Å²) in [5.41, 5.74) is 2.05. The van der Waals surface area contributed by atoms with E-state index in [0.29, 0.717) is 27.1 Å². The minimum Gasteiger partial charge on any atom is -0.493 e. The van der Waals surface area contributed by atoms with Crippen LogP contribution < -0.4 is 14.9 Å². The Morgan fingerprint density at radius 1 is 1.14 bits per heavy atom. The fourth-order valence-electron chi connectivity index (χ4n) is 2.90. The molecule has 0 spiro atoms. The summed E-state index contributed by atoms with van der Waals surface area (Å²) < 4.78 is 50.1. The van der Waals surface area contributed by atoms with Gasteiger partial charge in [-0.05, 0) is 51.8 Å². The normalized spacial score (nSPS) is 11.3. The van der Waals surface area contributed by atoms with Gasteiger partial charge in [-0.1, -0.05) is 18.2 Å². The second-order valence-electron chi connectivity index (χ2n) is 7.02. The summed E-state index contributed by atoms with van der Waals surface area (Å²) in [4.78, 5) is 22.6. The van der Waals surface area contributed by atoms with Crippen molar-refractivity contribution >= 4 is 33.7 Å². The summed E-state index contributed by atoms with van der Waals surface area (Å²) in [5, 5.41) is 14.7. The summed E-state index contributed by atoms with van der Waals surface area (Å²) >= 11 is 3.36. The number of carbonyl (C=O) groups is 1. The van der Waals surface area contributed by atoms with Gasteiger partial charge in [-0.15, -0.1) is 0 Å². The molecule has 0 fully saturated rings. The number of alkyl halides is 3. The Balaban J connectivity index is 1.70. The van der Waals surface area contributed by atoms with Crippen LogP contribution in [0.5, 0.6) is 11.5 Å². The fraction of sp³-hybridized carbons (Fsp3) is 0.130. The van der Waals surface area contributed by atoms with Gasteiger partial charge in [0.2, 0.25) is 0 Å². The number of nitro groups is 1. The largest absolute Gasteiger partial charge is 0.493 e. The van der Waals surface area contributed by atoms with Crippen LogP contribution in [0.4, 0.5) is 18.9 Å². The molecule has 3 aromatic rings. The predicted octanol–water partition coefficient (Wildman–Crippen LogP) is 5.73. The minimum absolute atomic E-state index is 0.0466. The maximum Gasteiger partial charge on any atom is 0.416 e. The topological polar surface area (TPSA) is 103 Å². The molecule has 1 N–H and O–H groups in total. The zero-order valence-electron chi connectivity index (χ0n) is 18.0. The van der Waals surface area contributed by atoms with Crippen LogP contribution in [0.25, 0.3) is 0 Å². The number of nitro benzene ring substituents is 1. The number of methoxy groups -OCH3 is 1. The summed E-state index contributed by atoms with van der Waals surface area (Å²) in [5.74, 6) is -0.146. The third-order valence-corrected chi connectivity index (χ3v) is 5.31. The Labute approximate surface area is 205 Å². The molecule has 12 heteroatoms. The average molecular weight is 552 g/mol. The van der Waals surface area contributed by atoms with Crippen LogP contribution >= 0.6 is 15.9 Å². The van der Waals surface area contributed by atoms with Gasteiger partial charge in [-0.25, -0.2) is 5.43 Å². The molecule has 0 saturated heterocycles. The number of nitrogens with one attached hydrogen (secondary N) is 1. The summed E-state index contributed by atoms with van der Waals surface area (Å²) in [6, 6.07) is 13.1. The number of hydrogen-bond acceptors (Lipinski definition) is 6. The number of nitrogens with zero attached hydrogens (tertiary/aromatic N) is 2. The van der Waals surface area contributed by atoms with E-state index in [-0.39, 0.29) is 17.9 Å². The van der Waals surface area contributed by atoms with Crippen LogP contribution in [0.1, 0.15) is 27.0 Å². The predicted molar refractivity (Wildman–Crippen MR) is 125 cm³/mol. The van der Waals surface area contributed by atoms with Gasteiger partial charge >= 0.3 is 6.18 Å². The first-order valence-corrected chi connectivity index (χ1v) is 10.6. The molecule has 0 bridgehead atoms. The zero-order chi connectivity index (χ0) is 25.6. The standard InChI is InChI=1S/C23H17BrF3N3O5/c1-34-20-10-16(12-28-29-22(31)15-5-3-6-17(9-15)23(25,26)27)19(24)11-21(20)35-13-14-4-2-7-18(8-14)30(32)33/h2-12H,13H2,1H3,(H,29,31)/b28-12-. The van der Waals surface area contributed by atoms with Crippen molar-refractivity contribution in [1.29, 1.82) is 0 Å². The maximum atomic E-state index is 12.8. The Hall–Kier alpha value is -3.93. The first-order chi connectivity index (χ1) is 16.6. The van der Waals surface area contributed by atoms with Gasteiger partial charge in [0.25, 0.3) is 11.6 Å². The molecule has 0 heterocycles. The molecule has 0 aliphatic rings. The molecule has 1 amide bonds. The lowest BCUT2D eigenvalue weighted by Gasteiger charge is -2.13. The average Bonchev–Trinajstić information content (AvgIpc) is 2.83. The Bertz CT molecular complexity index is 1280. The van der Waals surface area contributed by atoms with Crippen LogP contribution in [-0.2, 0) is 12.8 Å². The summed E-state index contributed by atoms with van der Waals surface area (Å²) in [7, 11) is 1.42. The van der Waals surface area contributed by atoms with E-state index in [0.717, 1.165) is 18.2 Å². The number of halogens is 4. The highest BCUT2D eigenvalue weighted by Gasteiger charge is 2.30. The van der Waals surface area contributed by atoms with Crippen molar-refractivity contribution in [3.63, 3.8) is 0 Å². The van der Waals surface area contributed by atoms with Crippen molar-refractivity contribution in [3.8, 4) is 11.5 Å². The molecule has 3 aromatic carbocycles. The van der Waals surface area contributed by atoms with E-state index >= 15 is 0 Å². The van der Waals surface area contributed by atoms with E-state index < -0.39 is 22.6 Å².